The highest BCUT2D eigenvalue weighted by Crippen LogP contribution is 2.22. The molecule has 1 fully saturated rings. The minimum atomic E-state index is 0.630. The lowest BCUT2D eigenvalue weighted by Crippen LogP contribution is -2.32. The van der Waals surface area contributed by atoms with E-state index in [1.165, 1.54) is 31.2 Å². The van der Waals surface area contributed by atoms with Crippen LogP contribution in [0.3, 0.4) is 0 Å². The van der Waals surface area contributed by atoms with Crippen LogP contribution in [0, 0.1) is 0 Å². The monoisotopic (exact) mass is 290 g/mol. The fraction of sp³-hybridized carbons (Fsp3) is 0.667. The third-order valence-electron chi connectivity index (χ3n) is 4.29. The van der Waals surface area contributed by atoms with Crippen LogP contribution in [-0.4, -0.2) is 37.2 Å². The molecule has 1 aliphatic carbocycles. The van der Waals surface area contributed by atoms with Crippen LogP contribution in [0.5, 0.6) is 5.75 Å². The van der Waals surface area contributed by atoms with Gasteiger partial charge in [0, 0.05) is 30.7 Å². The molecule has 0 bridgehead atoms. The van der Waals surface area contributed by atoms with Gasteiger partial charge in [-0.25, -0.2) is 0 Å². The number of nitrogens with zero attached hydrogens (tertiary/aromatic N) is 1. The zero-order valence-corrected chi connectivity index (χ0v) is 13.8. The zero-order valence-electron chi connectivity index (χ0n) is 13.8. The van der Waals surface area contributed by atoms with Gasteiger partial charge in [-0.2, -0.15) is 0 Å². The second-order valence-electron chi connectivity index (χ2n) is 6.23. The molecule has 118 valence electrons. The molecule has 0 amide bonds. The van der Waals surface area contributed by atoms with Crippen LogP contribution in [0.2, 0.25) is 0 Å². The molecule has 1 aliphatic rings. The molecule has 1 N–H and O–H groups in total. The van der Waals surface area contributed by atoms with E-state index in [0.29, 0.717) is 6.04 Å². The summed E-state index contributed by atoms with van der Waals surface area (Å²) in [5, 5.41) is 3.56. The van der Waals surface area contributed by atoms with E-state index >= 15 is 0 Å². The maximum absolute atomic E-state index is 6.01. The fourth-order valence-corrected chi connectivity index (χ4v) is 2.49. The molecule has 0 saturated heterocycles. The largest absolute Gasteiger partial charge is 0.492 e. The van der Waals surface area contributed by atoms with Crippen LogP contribution in [0.25, 0.3) is 0 Å². The quantitative estimate of drug-likeness (QED) is 0.714. The van der Waals surface area contributed by atoms with Crippen LogP contribution >= 0.6 is 0 Å². The van der Waals surface area contributed by atoms with E-state index in [9.17, 15) is 0 Å². The van der Waals surface area contributed by atoms with Gasteiger partial charge in [0.15, 0.2) is 0 Å². The number of benzene rings is 1. The summed E-state index contributed by atoms with van der Waals surface area (Å²) in [4.78, 5) is 2.38. The Kier molecular flexibility index (Phi) is 6.52. The Balaban J connectivity index is 1.76. The van der Waals surface area contributed by atoms with Gasteiger partial charge in [0.1, 0.15) is 12.4 Å². The first-order valence-electron chi connectivity index (χ1n) is 8.35. The number of para-hydroxylation sites is 1. The van der Waals surface area contributed by atoms with Crippen LogP contribution in [-0.2, 0) is 6.54 Å². The average Bonchev–Trinajstić information content (AvgIpc) is 3.30. The van der Waals surface area contributed by atoms with Crippen LogP contribution < -0.4 is 10.1 Å². The Morgan fingerprint density at radius 2 is 2.10 bits per heavy atom. The summed E-state index contributed by atoms with van der Waals surface area (Å²) in [6, 6.07) is 9.75. The fourth-order valence-electron chi connectivity index (χ4n) is 2.49. The minimum Gasteiger partial charge on any atom is -0.492 e. The van der Waals surface area contributed by atoms with E-state index in [1.807, 2.05) is 0 Å². The van der Waals surface area contributed by atoms with Gasteiger partial charge in [0.05, 0.1) is 0 Å². The maximum Gasteiger partial charge on any atom is 0.123 e. The van der Waals surface area contributed by atoms with Crippen molar-refractivity contribution in [2.75, 3.05) is 20.2 Å². The summed E-state index contributed by atoms with van der Waals surface area (Å²) < 4.78 is 6.01. The molecule has 21 heavy (non-hydrogen) atoms. The maximum atomic E-state index is 6.01. The van der Waals surface area contributed by atoms with Gasteiger partial charge in [-0.3, -0.25) is 0 Å². The van der Waals surface area contributed by atoms with Crippen molar-refractivity contribution in [3.63, 3.8) is 0 Å². The first-order chi connectivity index (χ1) is 10.2. The normalized spacial score (nSPS) is 16.2. The van der Waals surface area contributed by atoms with Crippen molar-refractivity contribution in [1.82, 2.24) is 10.2 Å². The predicted molar refractivity (Wildman–Crippen MR) is 88.8 cm³/mol. The molecule has 0 heterocycles. The van der Waals surface area contributed by atoms with Crippen molar-refractivity contribution >= 4 is 0 Å². The highest BCUT2D eigenvalue weighted by molar-refractivity contribution is 5.33. The Labute approximate surface area is 129 Å². The van der Waals surface area contributed by atoms with Crippen LogP contribution in [0.15, 0.2) is 24.3 Å². The van der Waals surface area contributed by atoms with E-state index < -0.39 is 0 Å². The number of nitrogens with one attached hydrogen (secondary N) is 1. The van der Waals surface area contributed by atoms with E-state index in [0.717, 1.165) is 31.5 Å². The summed E-state index contributed by atoms with van der Waals surface area (Å²) in [6.45, 7) is 7.18. The van der Waals surface area contributed by atoms with Gasteiger partial charge in [0.2, 0.25) is 0 Å². The first-order valence-corrected chi connectivity index (χ1v) is 8.35. The molecule has 1 aromatic rings. The lowest BCUT2D eigenvalue weighted by molar-refractivity contribution is 0.192. The molecule has 0 aliphatic heterocycles. The lowest BCUT2D eigenvalue weighted by atomic mass is 10.2. The Hall–Kier alpha value is -1.06. The smallest absolute Gasteiger partial charge is 0.123 e. The molecular weight excluding hydrogens is 260 g/mol. The highest BCUT2D eigenvalue weighted by Gasteiger charge is 2.20. The number of rotatable bonds is 10. The molecule has 1 aromatic carbocycles. The van der Waals surface area contributed by atoms with Crippen LogP contribution in [0.4, 0.5) is 0 Å². The van der Waals surface area contributed by atoms with Gasteiger partial charge in [-0.05, 0) is 39.3 Å². The van der Waals surface area contributed by atoms with E-state index in [1.54, 1.807) is 0 Å². The zero-order chi connectivity index (χ0) is 15.1. The van der Waals surface area contributed by atoms with Crippen molar-refractivity contribution in [3.05, 3.63) is 29.8 Å². The summed E-state index contributed by atoms with van der Waals surface area (Å²) in [5.41, 5.74) is 1.27. The number of likely N-dealkylation sites (N-methyl/N-ethyl adjacent to an activating group) is 1. The third-order valence-corrected chi connectivity index (χ3v) is 4.29. The number of hydrogen-bond donors (Lipinski definition) is 1. The van der Waals surface area contributed by atoms with Crippen molar-refractivity contribution in [1.29, 1.82) is 0 Å². The van der Waals surface area contributed by atoms with Gasteiger partial charge < -0.3 is 15.0 Å². The van der Waals surface area contributed by atoms with Crippen molar-refractivity contribution < 1.29 is 4.74 Å². The second kappa shape index (κ2) is 8.40. The highest BCUT2D eigenvalue weighted by atomic mass is 16.5. The summed E-state index contributed by atoms with van der Waals surface area (Å²) in [5.74, 6) is 1.03. The van der Waals surface area contributed by atoms with Gasteiger partial charge in [-0.1, -0.05) is 31.5 Å². The van der Waals surface area contributed by atoms with Crippen molar-refractivity contribution in [2.24, 2.45) is 0 Å². The number of ether oxygens (including phenoxy) is 1. The first kappa shape index (κ1) is 16.3. The summed E-state index contributed by atoms with van der Waals surface area (Å²) in [7, 11) is 2.18. The lowest BCUT2D eigenvalue weighted by Gasteiger charge is -2.24. The molecular formula is C18H30N2O. The van der Waals surface area contributed by atoms with E-state index in [2.05, 4.69) is 55.4 Å². The van der Waals surface area contributed by atoms with Crippen LogP contribution in [0.1, 0.15) is 45.1 Å². The summed E-state index contributed by atoms with van der Waals surface area (Å²) in [6.07, 6.45) is 5.13. The van der Waals surface area contributed by atoms with E-state index in [4.69, 9.17) is 4.74 Å². The van der Waals surface area contributed by atoms with Crippen molar-refractivity contribution in [3.8, 4) is 5.75 Å². The predicted octanol–water partition coefficient (Wildman–Crippen LogP) is 3.44. The minimum absolute atomic E-state index is 0.630. The molecule has 3 nitrogen and oxygen atoms in total. The SMILES string of the molecule is CCCC(C)N(C)CCOc1ccccc1CNC1CC1. The molecule has 1 unspecified atom stereocenters. The molecule has 0 spiro atoms. The topological polar surface area (TPSA) is 24.5 Å². The second-order valence-corrected chi connectivity index (χ2v) is 6.23. The number of hydrogen-bond acceptors (Lipinski definition) is 3. The molecule has 2 rings (SSSR count). The van der Waals surface area contributed by atoms with E-state index in [-0.39, 0.29) is 0 Å². The standard InChI is InChI=1S/C18H30N2O/c1-4-7-15(2)20(3)12-13-21-18-9-6-5-8-16(18)14-19-17-10-11-17/h5-6,8-9,15,17,19H,4,7,10-14H2,1-3H3. The summed E-state index contributed by atoms with van der Waals surface area (Å²) >= 11 is 0. The van der Waals surface area contributed by atoms with Gasteiger partial charge >= 0.3 is 0 Å². The van der Waals surface area contributed by atoms with Gasteiger partial charge in [-0.15, -0.1) is 0 Å². The van der Waals surface area contributed by atoms with Crippen molar-refractivity contribution in [2.45, 2.75) is 58.2 Å². The third kappa shape index (κ3) is 5.68. The Bertz CT molecular complexity index is 417. The molecule has 1 saturated carbocycles. The molecule has 1 atom stereocenters. The average molecular weight is 290 g/mol. The molecule has 0 aromatic heterocycles. The van der Waals surface area contributed by atoms with Gasteiger partial charge in [0.25, 0.3) is 0 Å². The molecule has 0 radical (unpaired) electrons. The molecule has 3 heteroatoms. The Morgan fingerprint density at radius 3 is 2.81 bits per heavy atom. The Morgan fingerprint density at radius 1 is 1.33 bits per heavy atom.